The molecule has 0 saturated heterocycles. The molecule has 28 heavy (non-hydrogen) atoms. The number of nitrogens with one attached hydrogen (secondary N) is 1. The molecular formula is C19H14BrN3O5. The molecular weight excluding hydrogens is 430 g/mol. The first-order valence-electron chi connectivity index (χ1n) is 8.31. The number of carbonyl (C=O) groups excluding carboxylic acids is 1. The van der Waals surface area contributed by atoms with Crippen LogP contribution in [0.15, 0.2) is 57.8 Å². The van der Waals surface area contributed by atoms with Crippen molar-refractivity contribution < 1.29 is 19.4 Å². The van der Waals surface area contributed by atoms with E-state index in [9.17, 15) is 14.7 Å². The molecule has 0 unspecified atom stereocenters. The molecule has 3 aromatic rings. The molecule has 1 aromatic heterocycles. The highest BCUT2D eigenvalue weighted by Crippen LogP contribution is 2.32. The summed E-state index contributed by atoms with van der Waals surface area (Å²) in [6.07, 6.45) is 0. The standard InChI is InChI=1S/C19H14BrN3O5/c20-11-1-4-13(5-2-11)23-17(25)10-14(24)18(22-23)19(26)21-12-3-6-15-16(9-12)28-8-7-27-15/h1-6,9-10,24H,7-8H2,(H,21,26). The zero-order chi connectivity index (χ0) is 19.7. The molecule has 0 aliphatic carbocycles. The third-order valence-corrected chi connectivity index (χ3v) is 4.53. The van der Waals surface area contributed by atoms with Crippen molar-refractivity contribution in [2.75, 3.05) is 18.5 Å². The van der Waals surface area contributed by atoms with Gasteiger partial charge >= 0.3 is 0 Å². The molecule has 9 heteroatoms. The van der Waals surface area contributed by atoms with E-state index in [0.29, 0.717) is 36.1 Å². The van der Waals surface area contributed by atoms with Gasteiger partial charge in [0.05, 0.1) is 5.69 Å². The van der Waals surface area contributed by atoms with Gasteiger partial charge in [-0.25, -0.2) is 0 Å². The molecule has 4 rings (SSSR count). The van der Waals surface area contributed by atoms with Crippen LogP contribution in [0.5, 0.6) is 17.2 Å². The molecule has 0 atom stereocenters. The molecule has 0 bridgehead atoms. The highest BCUT2D eigenvalue weighted by atomic mass is 79.9. The van der Waals surface area contributed by atoms with Gasteiger partial charge in [0.25, 0.3) is 11.5 Å². The normalized spacial score (nSPS) is 12.5. The summed E-state index contributed by atoms with van der Waals surface area (Å²) in [7, 11) is 0. The quantitative estimate of drug-likeness (QED) is 0.644. The summed E-state index contributed by atoms with van der Waals surface area (Å²) in [5.41, 5.74) is 0.0616. The lowest BCUT2D eigenvalue weighted by Crippen LogP contribution is -2.25. The molecule has 0 saturated carbocycles. The predicted molar refractivity (Wildman–Crippen MR) is 105 cm³/mol. The molecule has 1 aliphatic heterocycles. The molecule has 0 fully saturated rings. The Morgan fingerprint density at radius 3 is 2.54 bits per heavy atom. The first-order chi connectivity index (χ1) is 13.5. The average molecular weight is 444 g/mol. The number of aromatic hydroxyl groups is 1. The lowest BCUT2D eigenvalue weighted by atomic mass is 10.2. The van der Waals surface area contributed by atoms with Crippen LogP contribution in [0, 0.1) is 0 Å². The molecule has 142 valence electrons. The summed E-state index contributed by atoms with van der Waals surface area (Å²) >= 11 is 3.32. The maximum absolute atomic E-state index is 12.6. The van der Waals surface area contributed by atoms with Gasteiger partial charge in [0.15, 0.2) is 22.9 Å². The van der Waals surface area contributed by atoms with Crippen LogP contribution in [0.3, 0.4) is 0 Å². The molecule has 0 spiro atoms. The number of fused-ring (bicyclic) bond motifs is 1. The third-order valence-electron chi connectivity index (χ3n) is 4.00. The molecule has 8 nitrogen and oxygen atoms in total. The first-order valence-corrected chi connectivity index (χ1v) is 9.11. The number of halogens is 1. The van der Waals surface area contributed by atoms with Gasteiger partial charge in [-0.05, 0) is 36.4 Å². The van der Waals surface area contributed by atoms with E-state index in [1.165, 1.54) is 0 Å². The number of anilines is 1. The van der Waals surface area contributed by atoms with Crippen LogP contribution >= 0.6 is 15.9 Å². The van der Waals surface area contributed by atoms with Crippen molar-refractivity contribution in [3.8, 4) is 22.9 Å². The number of nitrogens with zero attached hydrogens (tertiary/aromatic N) is 2. The zero-order valence-corrected chi connectivity index (χ0v) is 16.0. The van der Waals surface area contributed by atoms with Crippen LogP contribution in [0.25, 0.3) is 5.69 Å². The van der Waals surface area contributed by atoms with Crippen molar-refractivity contribution in [1.29, 1.82) is 0 Å². The van der Waals surface area contributed by atoms with E-state index in [4.69, 9.17) is 9.47 Å². The molecule has 2 aromatic carbocycles. The number of amides is 1. The summed E-state index contributed by atoms with van der Waals surface area (Å²) in [5.74, 6) is -0.0662. The Morgan fingerprint density at radius 1 is 1.07 bits per heavy atom. The number of hydrogen-bond donors (Lipinski definition) is 2. The van der Waals surface area contributed by atoms with Crippen molar-refractivity contribution in [1.82, 2.24) is 9.78 Å². The van der Waals surface area contributed by atoms with Gasteiger partial charge in [-0.2, -0.15) is 9.78 Å². The van der Waals surface area contributed by atoms with Crippen molar-refractivity contribution in [3.63, 3.8) is 0 Å². The van der Waals surface area contributed by atoms with Gasteiger partial charge in [0, 0.05) is 22.3 Å². The van der Waals surface area contributed by atoms with Crippen LogP contribution in [0.2, 0.25) is 0 Å². The van der Waals surface area contributed by atoms with Gasteiger partial charge in [-0.15, -0.1) is 0 Å². The minimum atomic E-state index is -0.667. The smallest absolute Gasteiger partial charge is 0.279 e. The monoisotopic (exact) mass is 443 g/mol. The van der Waals surface area contributed by atoms with Crippen LogP contribution in [-0.2, 0) is 0 Å². The number of rotatable bonds is 3. The van der Waals surface area contributed by atoms with Crippen LogP contribution in [0.1, 0.15) is 10.5 Å². The fourth-order valence-electron chi connectivity index (χ4n) is 2.69. The van der Waals surface area contributed by atoms with Crippen molar-refractivity contribution in [2.45, 2.75) is 0 Å². The largest absolute Gasteiger partial charge is 0.505 e. The topological polar surface area (TPSA) is 103 Å². The highest BCUT2D eigenvalue weighted by Gasteiger charge is 2.19. The minimum absolute atomic E-state index is 0.280. The molecule has 0 radical (unpaired) electrons. The van der Waals surface area contributed by atoms with Gasteiger partial charge in [-0.1, -0.05) is 15.9 Å². The first kappa shape index (κ1) is 18.1. The van der Waals surface area contributed by atoms with Crippen LogP contribution in [0.4, 0.5) is 5.69 Å². The Balaban J connectivity index is 1.65. The summed E-state index contributed by atoms with van der Waals surface area (Å²) in [5, 5.41) is 16.7. The van der Waals surface area contributed by atoms with E-state index in [1.54, 1.807) is 42.5 Å². The average Bonchev–Trinajstić information content (AvgIpc) is 2.69. The van der Waals surface area contributed by atoms with Crippen molar-refractivity contribution in [3.05, 3.63) is 69.1 Å². The SMILES string of the molecule is O=C(Nc1ccc2c(c1)OCCO2)c1nn(-c2ccc(Br)cc2)c(=O)cc1O. The van der Waals surface area contributed by atoms with Crippen molar-refractivity contribution in [2.24, 2.45) is 0 Å². The van der Waals surface area contributed by atoms with E-state index in [1.807, 2.05) is 0 Å². The molecule has 2 heterocycles. The summed E-state index contributed by atoms with van der Waals surface area (Å²) in [6.45, 7) is 0.888. The lowest BCUT2D eigenvalue weighted by Gasteiger charge is -2.19. The second kappa shape index (κ2) is 7.35. The number of carbonyl (C=O) groups is 1. The zero-order valence-electron chi connectivity index (χ0n) is 14.4. The van der Waals surface area contributed by atoms with Crippen LogP contribution in [-0.4, -0.2) is 34.0 Å². The van der Waals surface area contributed by atoms with E-state index in [-0.39, 0.29) is 5.69 Å². The summed E-state index contributed by atoms with van der Waals surface area (Å²) in [4.78, 5) is 24.8. The van der Waals surface area contributed by atoms with Crippen LogP contribution < -0.4 is 20.3 Å². The third kappa shape index (κ3) is 3.56. The van der Waals surface area contributed by atoms with Gasteiger partial charge < -0.3 is 19.9 Å². The Kier molecular flexibility index (Phi) is 4.74. The van der Waals surface area contributed by atoms with Crippen molar-refractivity contribution >= 4 is 27.5 Å². The fourth-order valence-corrected chi connectivity index (χ4v) is 2.95. The second-order valence-electron chi connectivity index (χ2n) is 5.92. The van der Waals surface area contributed by atoms with E-state index < -0.39 is 17.2 Å². The number of ether oxygens (including phenoxy) is 2. The fraction of sp³-hybridized carbons (Fsp3) is 0.105. The predicted octanol–water partition coefficient (Wildman–Crippen LogP) is 2.72. The van der Waals surface area contributed by atoms with Gasteiger partial charge in [-0.3, -0.25) is 9.59 Å². The maximum atomic E-state index is 12.6. The second-order valence-corrected chi connectivity index (χ2v) is 6.83. The van der Waals surface area contributed by atoms with Gasteiger partial charge in [0.2, 0.25) is 0 Å². The van der Waals surface area contributed by atoms with E-state index in [0.717, 1.165) is 15.2 Å². The molecule has 1 aliphatic rings. The number of aromatic nitrogens is 2. The Hall–Kier alpha value is -3.33. The highest BCUT2D eigenvalue weighted by molar-refractivity contribution is 9.10. The van der Waals surface area contributed by atoms with Gasteiger partial charge in [0.1, 0.15) is 13.2 Å². The van der Waals surface area contributed by atoms with E-state index in [2.05, 4.69) is 26.3 Å². The minimum Gasteiger partial charge on any atom is -0.505 e. The Labute approximate surface area is 167 Å². The summed E-state index contributed by atoms with van der Waals surface area (Å²) in [6, 6.07) is 12.7. The number of benzene rings is 2. The molecule has 1 amide bonds. The summed E-state index contributed by atoms with van der Waals surface area (Å²) < 4.78 is 12.8. The lowest BCUT2D eigenvalue weighted by molar-refractivity contribution is 0.101. The maximum Gasteiger partial charge on any atom is 0.279 e. The van der Waals surface area contributed by atoms with E-state index >= 15 is 0 Å². The number of hydrogen-bond acceptors (Lipinski definition) is 6. The Morgan fingerprint density at radius 2 is 1.79 bits per heavy atom. The Bertz CT molecular complexity index is 1110. The molecule has 2 N–H and O–H groups in total.